The summed E-state index contributed by atoms with van der Waals surface area (Å²) < 4.78 is 7.48. The van der Waals surface area contributed by atoms with Crippen LogP contribution in [0.3, 0.4) is 0 Å². The summed E-state index contributed by atoms with van der Waals surface area (Å²) in [7, 11) is 3.87. The van der Waals surface area contributed by atoms with E-state index in [0.29, 0.717) is 0 Å². The van der Waals surface area contributed by atoms with E-state index in [1.54, 1.807) is 7.11 Å². The highest BCUT2D eigenvalue weighted by atomic mass is 16.5. The molecule has 0 saturated heterocycles. The molecular formula is C23H36N4O. The van der Waals surface area contributed by atoms with Crippen LogP contribution in [-0.2, 0) is 18.2 Å². The van der Waals surface area contributed by atoms with Crippen molar-refractivity contribution in [3.8, 4) is 0 Å². The molecule has 0 atom stereocenters. The van der Waals surface area contributed by atoms with Crippen molar-refractivity contribution in [3.63, 3.8) is 0 Å². The molecule has 1 aliphatic heterocycles. The quantitative estimate of drug-likeness (QED) is 0.661. The minimum atomic E-state index is 0.740. The second-order valence-electron chi connectivity index (χ2n) is 8.09. The molecule has 3 rings (SSSR count). The second kappa shape index (κ2) is 8.99. The highest BCUT2D eigenvalue weighted by Gasteiger charge is 2.29. The zero-order valence-electron chi connectivity index (χ0n) is 18.5. The first-order valence-electron chi connectivity index (χ1n) is 10.6. The van der Waals surface area contributed by atoms with Crippen molar-refractivity contribution in [3.05, 3.63) is 34.4 Å². The van der Waals surface area contributed by atoms with E-state index in [2.05, 4.69) is 61.4 Å². The number of aryl methyl sites for hydroxylation is 4. The van der Waals surface area contributed by atoms with Crippen LogP contribution >= 0.6 is 0 Å². The van der Waals surface area contributed by atoms with Gasteiger partial charge in [0.25, 0.3) is 0 Å². The van der Waals surface area contributed by atoms with Crippen LogP contribution in [0.1, 0.15) is 48.4 Å². The standard InChI is InChI=1S/C23H36N4O/c1-7-8-11-26(13-14-28-6)23-20-10-9-12-27(22(20)24-25(23)5)21-18(3)15-17(2)16-19(21)4/h15-16H,7-14H2,1-6H3. The molecule has 0 radical (unpaired) electrons. The first-order valence-corrected chi connectivity index (χ1v) is 10.6. The maximum atomic E-state index is 5.39. The van der Waals surface area contributed by atoms with Crippen molar-refractivity contribution in [2.24, 2.45) is 7.05 Å². The van der Waals surface area contributed by atoms with E-state index >= 15 is 0 Å². The summed E-state index contributed by atoms with van der Waals surface area (Å²) in [5, 5.41) is 5.01. The summed E-state index contributed by atoms with van der Waals surface area (Å²) in [5.74, 6) is 2.41. The Morgan fingerprint density at radius 1 is 1.14 bits per heavy atom. The lowest BCUT2D eigenvalue weighted by Crippen LogP contribution is -2.31. The van der Waals surface area contributed by atoms with Crippen LogP contribution < -0.4 is 9.80 Å². The van der Waals surface area contributed by atoms with Gasteiger partial charge in [-0.15, -0.1) is 0 Å². The Balaban J connectivity index is 2.03. The van der Waals surface area contributed by atoms with Crippen LogP contribution in [0.4, 0.5) is 17.3 Å². The molecule has 5 nitrogen and oxygen atoms in total. The molecule has 0 fully saturated rings. The van der Waals surface area contributed by atoms with E-state index in [1.165, 1.54) is 46.6 Å². The summed E-state index contributed by atoms with van der Waals surface area (Å²) in [6.07, 6.45) is 4.62. The van der Waals surface area contributed by atoms with Gasteiger partial charge in [-0.25, -0.2) is 0 Å². The molecule has 154 valence electrons. The fourth-order valence-electron chi connectivity index (χ4n) is 4.59. The van der Waals surface area contributed by atoms with Crippen LogP contribution in [0.25, 0.3) is 0 Å². The third kappa shape index (κ3) is 4.04. The predicted molar refractivity (Wildman–Crippen MR) is 118 cm³/mol. The van der Waals surface area contributed by atoms with Crippen molar-refractivity contribution >= 4 is 17.3 Å². The smallest absolute Gasteiger partial charge is 0.160 e. The number of fused-ring (bicyclic) bond motifs is 1. The molecule has 0 amide bonds. The first kappa shape index (κ1) is 20.7. The van der Waals surface area contributed by atoms with Crippen molar-refractivity contribution in [2.45, 2.75) is 53.4 Å². The molecule has 1 aromatic heterocycles. The van der Waals surface area contributed by atoms with E-state index in [0.717, 1.165) is 44.9 Å². The summed E-state index contributed by atoms with van der Waals surface area (Å²) in [6, 6.07) is 4.57. The van der Waals surface area contributed by atoms with E-state index in [-0.39, 0.29) is 0 Å². The Hall–Kier alpha value is -2.01. The van der Waals surface area contributed by atoms with Crippen LogP contribution in [-0.4, -0.2) is 43.1 Å². The van der Waals surface area contributed by atoms with Gasteiger partial charge in [-0.05, 0) is 51.2 Å². The lowest BCUT2D eigenvalue weighted by Gasteiger charge is -2.32. The van der Waals surface area contributed by atoms with E-state index in [1.807, 2.05) is 0 Å². The molecule has 2 heterocycles. The maximum absolute atomic E-state index is 5.39. The van der Waals surface area contributed by atoms with Gasteiger partial charge in [0, 0.05) is 45.0 Å². The van der Waals surface area contributed by atoms with Gasteiger partial charge in [0.2, 0.25) is 0 Å². The molecule has 1 aliphatic rings. The van der Waals surface area contributed by atoms with E-state index < -0.39 is 0 Å². The number of rotatable bonds is 8. The Labute approximate surface area is 170 Å². The molecular weight excluding hydrogens is 348 g/mol. The zero-order chi connectivity index (χ0) is 20.3. The average Bonchev–Trinajstić information content (AvgIpc) is 2.98. The SMILES string of the molecule is CCCCN(CCOC)c1c2c(nn1C)N(c1c(C)cc(C)cc1C)CCC2. The monoisotopic (exact) mass is 384 g/mol. The highest BCUT2D eigenvalue weighted by Crippen LogP contribution is 2.40. The molecule has 0 bridgehead atoms. The first-order chi connectivity index (χ1) is 13.5. The molecule has 0 aliphatic carbocycles. The van der Waals surface area contributed by atoms with Gasteiger partial charge in [0.15, 0.2) is 5.82 Å². The average molecular weight is 385 g/mol. The molecule has 1 aromatic carbocycles. The number of hydrogen-bond acceptors (Lipinski definition) is 4. The summed E-state index contributed by atoms with van der Waals surface area (Å²) >= 11 is 0. The lowest BCUT2D eigenvalue weighted by atomic mass is 10.00. The minimum Gasteiger partial charge on any atom is -0.383 e. The summed E-state index contributed by atoms with van der Waals surface area (Å²) in [5.41, 5.74) is 6.70. The number of methoxy groups -OCH3 is 1. The number of unbranched alkanes of at least 4 members (excludes halogenated alkanes) is 1. The van der Waals surface area contributed by atoms with Crippen molar-refractivity contribution in [2.75, 3.05) is 43.2 Å². The second-order valence-corrected chi connectivity index (χ2v) is 8.09. The molecule has 0 spiro atoms. The number of nitrogens with zero attached hydrogens (tertiary/aromatic N) is 4. The van der Waals surface area contributed by atoms with Crippen LogP contribution in [0.5, 0.6) is 0 Å². The third-order valence-corrected chi connectivity index (χ3v) is 5.71. The predicted octanol–water partition coefficient (Wildman–Crippen LogP) is 4.68. The molecule has 0 saturated carbocycles. The van der Waals surface area contributed by atoms with Gasteiger partial charge in [-0.2, -0.15) is 5.10 Å². The number of ether oxygens (including phenoxy) is 1. The third-order valence-electron chi connectivity index (χ3n) is 5.71. The van der Waals surface area contributed by atoms with Crippen LogP contribution in [0.15, 0.2) is 12.1 Å². The van der Waals surface area contributed by atoms with Gasteiger partial charge in [0.1, 0.15) is 5.82 Å². The number of anilines is 3. The van der Waals surface area contributed by atoms with E-state index in [4.69, 9.17) is 9.84 Å². The summed E-state index contributed by atoms with van der Waals surface area (Å²) in [6.45, 7) is 12.6. The fraction of sp³-hybridized carbons (Fsp3) is 0.609. The fourth-order valence-corrected chi connectivity index (χ4v) is 4.59. The Morgan fingerprint density at radius 2 is 1.86 bits per heavy atom. The molecule has 5 heteroatoms. The molecule has 0 unspecified atom stereocenters. The topological polar surface area (TPSA) is 33.5 Å². The molecule has 0 N–H and O–H groups in total. The van der Waals surface area contributed by atoms with Crippen molar-refractivity contribution in [1.82, 2.24) is 9.78 Å². The van der Waals surface area contributed by atoms with Crippen LogP contribution in [0, 0.1) is 20.8 Å². The van der Waals surface area contributed by atoms with Crippen LogP contribution in [0.2, 0.25) is 0 Å². The van der Waals surface area contributed by atoms with Gasteiger partial charge >= 0.3 is 0 Å². The number of benzene rings is 1. The van der Waals surface area contributed by atoms with Gasteiger partial charge < -0.3 is 14.5 Å². The summed E-state index contributed by atoms with van der Waals surface area (Å²) in [4.78, 5) is 4.91. The maximum Gasteiger partial charge on any atom is 0.160 e. The Kier molecular flexibility index (Phi) is 6.65. The van der Waals surface area contributed by atoms with Gasteiger partial charge in [-0.1, -0.05) is 31.0 Å². The number of aromatic nitrogens is 2. The van der Waals surface area contributed by atoms with E-state index in [9.17, 15) is 0 Å². The number of hydrogen-bond donors (Lipinski definition) is 0. The Morgan fingerprint density at radius 3 is 2.50 bits per heavy atom. The normalized spacial score (nSPS) is 13.7. The van der Waals surface area contributed by atoms with Gasteiger partial charge in [-0.3, -0.25) is 4.68 Å². The minimum absolute atomic E-state index is 0.740. The lowest BCUT2D eigenvalue weighted by molar-refractivity contribution is 0.204. The highest BCUT2D eigenvalue weighted by molar-refractivity contribution is 5.74. The zero-order valence-corrected chi connectivity index (χ0v) is 18.5. The largest absolute Gasteiger partial charge is 0.383 e. The van der Waals surface area contributed by atoms with Gasteiger partial charge in [0.05, 0.1) is 6.61 Å². The molecule has 2 aromatic rings. The Bertz CT molecular complexity index is 780. The molecule has 28 heavy (non-hydrogen) atoms. The van der Waals surface area contributed by atoms with Crippen molar-refractivity contribution in [1.29, 1.82) is 0 Å². The van der Waals surface area contributed by atoms with Crippen molar-refractivity contribution < 1.29 is 4.74 Å².